The van der Waals surface area contributed by atoms with Crippen molar-refractivity contribution in [2.24, 2.45) is 5.92 Å². The smallest absolute Gasteiger partial charge is 0.255 e. The molecule has 1 heterocycles. The second-order valence-electron chi connectivity index (χ2n) is 5.20. The van der Waals surface area contributed by atoms with Crippen molar-refractivity contribution in [3.8, 4) is 0 Å². The van der Waals surface area contributed by atoms with E-state index >= 15 is 0 Å². The first-order chi connectivity index (χ1) is 9.13. The number of amides is 1. The molecular formula is C15H21ClN2O. The van der Waals surface area contributed by atoms with E-state index < -0.39 is 0 Å². The Balaban J connectivity index is 2.13. The molecule has 2 rings (SSSR count). The van der Waals surface area contributed by atoms with Crippen molar-refractivity contribution in [3.63, 3.8) is 0 Å². The normalized spacial score (nSPS) is 20.1. The molecular weight excluding hydrogens is 260 g/mol. The van der Waals surface area contributed by atoms with Gasteiger partial charge >= 0.3 is 0 Å². The van der Waals surface area contributed by atoms with Gasteiger partial charge in [-0.3, -0.25) is 4.79 Å². The summed E-state index contributed by atoms with van der Waals surface area (Å²) in [7, 11) is 0. The number of likely N-dealkylation sites (tertiary alicyclic amines) is 1. The number of anilines is 1. The van der Waals surface area contributed by atoms with Crippen LogP contribution >= 0.6 is 11.6 Å². The molecule has 1 aliphatic rings. The fourth-order valence-corrected chi connectivity index (χ4v) is 2.85. The fraction of sp³-hybridized carbons (Fsp3) is 0.533. The summed E-state index contributed by atoms with van der Waals surface area (Å²) < 4.78 is 0. The average molecular weight is 281 g/mol. The number of benzene rings is 1. The van der Waals surface area contributed by atoms with Crippen LogP contribution < -0.4 is 5.73 Å². The summed E-state index contributed by atoms with van der Waals surface area (Å²) in [5, 5.41) is 0.451. The van der Waals surface area contributed by atoms with Crippen LogP contribution in [-0.4, -0.2) is 23.9 Å². The molecule has 1 atom stereocenters. The van der Waals surface area contributed by atoms with Crippen LogP contribution in [0, 0.1) is 5.92 Å². The van der Waals surface area contributed by atoms with Crippen LogP contribution in [0.1, 0.15) is 43.0 Å². The highest BCUT2D eigenvalue weighted by Gasteiger charge is 2.22. The van der Waals surface area contributed by atoms with Crippen molar-refractivity contribution in [3.05, 3.63) is 28.8 Å². The quantitative estimate of drug-likeness (QED) is 0.842. The fourth-order valence-electron chi connectivity index (χ4n) is 2.67. The average Bonchev–Trinajstić information content (AvgIpc) is 2.66. The molecule has 0 aromatic heterocycles. The molecule has 19 heavy (non-hydrogen) atoms. The summed E-state index contributed by atoms with van der Waals surface area (Å²) in [4.78, 5) is 14.4. The molecule has 1 amide bonds. The topological polar surface area (TPSA) is 46.3 Å². The molecule has 3 nitrogen and oxygen atoms in total. The minimum Gasteiger partial charge on any atom is -0.397 e. The molecule has 4 heteroatoms. The van der Waals surface area contributed by atoms with Gasteiger partial charge in [0.15, 0.2) is 0 Å². The van der Waals surface area contributed by atoms with Crippen LogP contribution in [0.3, 0.4) is 0 Å². The monoisotopic (exact) mass is 280 g/mol. The second-order valence-corrected chi connectivity index (χ2v) is 5.61. The minimum atomic E-state index is 0.0109. The third-order valence-electron chi connectivity index (χ3n) is 4.00. The second kappa shape index (κ2) is 6.29. The van der Waals surface area contributed by atoms with Gasteiger partial charge in [-0.05, 0) is 37.3 Å². The number of para-hydroxylation sites is 1. The Morgan fingerprint density at radius 1 is 1.42 bits per heavy atom. The van der Waals surface area contributed by atoms with Crippen molar-refractivity contribution in [2.75, 3.05) is 18.8 Å². The summed E-state index contributed by atoms with van der Waals surface area (Å²) in [5.74, 6) is 0.756. The molecule has 0 aliphatic carbocycles. The van der Waals surface area contributed by atoms with Crippen molar-refractivity contribution in [2.45, 2.75) is 32.6 Å². The van der Waals surface area contributed by atoms with Gasteiger partial charge in [-0.15, -0.1) is 0 Å². The molecule has 1 saturated heterocycles. The predicted molar refractivity (Wildman–Crippen MR) is 79.4 cm³/mol. The number of nitrogens with zero attached hydrogens (tertiary/aromatic N) is 1. The summed E-state index contributed by atoms with van der Waals surface area (Å²) in [6.45, 7) is 3.86. The number of nitrogen functional groups attached to an aromatic ring is 1. The Kier molecular flexibility index (Phi) is 4.70. The number of nitrogens with two attached hydrogens (primary N) is 1. The molecule has 0 radical (unpaired) electrons. The Labute approximate surface area is 119 Å². The predicted octanol–water partition coefficient (Wildman–Crippen LogP) is 3.57. The maximum Gasteiger partial charge on any atom is 0.255 e. The minimum absolute atomic E-state index is 0.0109. The SMILES string of the molecule is CCC1CCCN(C(=O)c2cccc(Cl)c2N)CC1. The third-order valence-corrected chi connectivity index (χ3v) is 4.33. The van der Waals surface area contributed by atoms with Gasteiger partial charge in [-0.2, -0.15) is 0 Å². The van der Waals surface area contributed by atoms with E-state index in [4.69, 9.17) is 17.3 Å². The van der Waals surface area contributed by atoms with Gasteiger partial charge < -0.3 is 10.6 Å². The number of carbonyl (C=O) groups is 1. The van der Waals surface area contributed by atoms with Gasteiger partial charge in [0.2, 0.25) is 0 Å². The lowest BCUT2D eigenvalue weighted by Crippen LogP contribution is -2.32. The summed E-state index contributed by atoms with van der Waals surface area (Å²) in [5.41, 5.74) is 6.83. The first-order valence-electron chi connectivity index (χ1n) is 6.96. The highest BCUT2D eigenvalue weighted by Crippen LogP contribution is 2.26. The standard InChI is InChI=1S/C15H21ClN2O/c1-2-11-5-4-9-18(10-8-11)15(19)12-6-3-7-13(16)14(12)17/h3,6-7,11H,2,4-5,8-10,17H2,1H3. The number of rotatable bonds is 2. The zero-order chi connectivity index (χ0) is 13.8. The first-order valence-corrected chi connectivity index (χ1v) is 7.34. The molecule has 1 aromatic rings. The molecule has 1 aromatic carbocycles. The van der Waals surface area contributed by atoms with E-state index in [0.717, 1.165) is 31.8 Å². The van der Waals surface area contributed by atoms with Gasteiger partial charge in [-0.1, -0.05) is 31.0 Å². The number of hydrogen-bond acceptors (Lipinski definition) is 2. The molecule has 2 N–H and O–H groups in total. The number of hydrogen-bond donors (Lipinski definition) is 1. The number of carbonyl (C=O) groups excluding carboxylic acids is 1. The maximum atomic E-state index is 12.5. The summed E-state index contributed by atoms with van der Waals surface area (Å²) in [6.07, 6.45) is 4.57. The van der Waals surface area contributed by atoms with E-state index in [1.54, 1.807) is 18.2 Å². The Hall–Kier alpha value is -1.22. The first kappa shape index (κ1) is 14.2. The molecule has 1 aliphatic heterocycles. The van der Waals surface area contributed by atoms with Gasteiger partial charge in [-0.25, -0.2) is 0 Å². The van der Waals surface area contributed by atoms with Gasteiger partial charge in [0.25, 0.3) is 5.91 Å². The van der Waals surface area contributed by atoms with Crippen LogP contribution in [0.4, 0.5) is 5.69 Å². The van der Waals surface area contributed by atoms with E-state index in [-0.39, 0.29) is 5.91 Å². The Bertz CT molecular complexity index is 461. The Morgan fingerprint density at radius 3 is 2.95 bits per heavy atom. The van der Waals surface area contributed by atoms with E-state index in [0.29, 0.717) is 16.3 Å². The van der Waals surface area contributed by atoms with Crippen LogP contribution in [-0.2, 0) is 0 Å². The highest BCUT2D eigenvalue weighted by molar-refractivity contribution is 6.33. The van der Waals surface area contributed by atoms with E-state index in [1.165, 1.54) is 12.8 Å². The lowest BCUT2D eigenvalue weighted by atomic mass is 9.98. The molecule has 0 spiro atoms. The molecule has 0 bridgehead atoms. The molecule has 1 fully saturated rings. The molecule has 1 unspecified atom stereocenters. The summed E-state index contributed by atoms with van der Waals surface area (Å²) in [6, 6.07) is 5.24. The van der Waals surface area contributed by atoms with Gasteiger partial charge in [0.05, 0.1) is 16.3 Å². The highest BCUT2D eigenvalue weighted by atomic mass is 35.5. The van der Waals surface area contributed by atoms with E-state index in [1.807, 2.05) is 4.90 Å². The Morgan fingerprint density at radius 2 is 2.21 bits per heavy atom. The third kappa shape index (κ3) is 3.21. The lowest BCUT2D eigenvalue weighted by Gasteiger charge is -2.21. The number of halogens is 1. The van der Waals surface area contributed by atoms with E-state index in [2.05, 4.69) is 6.92 Å². The van der Waals surface area contributed by atoms with Crippen molar-refractivity contribution in [1.82, 2.24) is 4.90 Å². The van der Waals surface area contributed by atoms with Crippen LogP contribution in [0.25, 0.3) is 0 Å². The van der Waals surface area contributed by atoms with E-state index in [9.17, 15) is 4.79 Å². The largest absolute Gasteiger partial charge is 0.397 e. The molecule has 104 valence electrons. The summed E-state index contributed by atoms with van der Waals surface area (Å²) >= 11 is 5.98. The van der Waals surface area contributed by atoms with Gasteiger partial charge in [0.1, 0.15) is 0 Å². The molecule has 0 saturated carbocycles. The van der Waals surface area contributed by atoms with Crippen LogP contribution in [0.5, 0.6) is 0 Å². The zero-order valence-corrected chi connectivity index (χ0v) is 12.1. The maximum absolute atomic E-state index is 12.5. The van der Waals surface area contributed by atoms with Gasteiger partial charge in [0, 0.05) is 13.1 Å². The van der Waals surface area contributed by atoms with Crippen molar-refractivity contribution >= 4 is 23.2 Å². The lowest BCUT2D eigenvalue weighted by molar-refractivity contribution is 0.0761. The van der Waals surface area contributed by atoms with Crippen molar-refractivity contribution < 1.29 is 4.79 Å². The van der Waals surface area contributed by atoms with Crippen molar-refractivity contribution in [1.29, 1.82) is 0 Å². The zero-order valence-electron chi connectivity index (χ0n) is 11.4. The van der Waals surface area contributed by atoms with Crippen LogP contribution in [0.15, 0.2) is 18.2 Å². The van der Waals surface area contributed by atoms with Crippen LogP contribution in [0.2, 0.25) is 5.02 Å².